The first-order chi connectivity index (χ1) is 17.0. The van der Waals surface area contributed by atoms with E-state index in [-0.39, 0.29) is 0 Å². The number of rotatable bonds is 7. The van der Waals surface area contributed by atoms with Crippen molar-refractivity contribution in [3.8, 4) is 0 Å². The highest BCUT2D eigenvalue weighted by Crippen LogP contribution is 2.44. The molecule has 0 aliphatic carbocycles. The number of para-hydroxylation sites is 1. The Labute approximate surface area is 218 Å². The van der Waals surface area contributed by atoms with Crippen LogP contribution in [0.25, 0.3) is 0 Å². The van der Waals surface area contributed by atoms with Crippen LogP contribution in [-0.4, -0.2) is 60.4 Å². The highest BCUT2D eigenvalue weighted by atomic mass is 35.5. The first kappa shape index (κ1) is 25.1. The Balaban J connectivity index is 1.27. The molecule has 5 rings (SSSR count). The number of nitrogens with zero attached hydrogens (tertiary/aromatic N) is 4. The van der Waals surface area contributed by atoms with Crippen LogP contribution in [0.3, 0.4) is 0 Å². The zero-order chi connectivity index (χ0) is 25.7. The Kier molecular flexibility index (Phi) is 6.52. The molecule has 0 saturated carbocycles. The largest absolute Gasteiger partial charge is 0.370 e. The third kappa shape index (κ3) is 4.97. The fourth-order valence-electron chi connectivity index (χ4n) is 5.22. The lowest BCUT2D eigenvalue weighted by molar-refractivity contribution is -0.0411. The molecule has 2 aliphatic heterocycles. The molecular weight excluding hydrogens is 491 g/mol. The summed E-state index contributed by atoms with van der Waals surface area (Å²) in [6.45, 7) is 14.9. The molecule has 0 radical (unpaired) electrons. The maximum Gasteiger partial charge on any atom is 0.229 e. The zero-order valence-corrected chi connectivity index (χ0v) is 23.2. The van der Waals surface area contributed by atoms with Gasteiger partial charge in [-0.05, 0) is 70.0 Å². The lowest BCUT2D eigenvalue weighted by Crippen LogP contribution is -2.73. The van der Waals surface area contributed by atoms with Gasteiger partial charge in [0.15, 0.2) is 5.82 Å². The summed E-state index contributed by atoms with van der Waals surface area (Å²) in [6.07, 6.45) is 1.57. The smallest absolute Gasteiger partial charge is 0.229 e. The maximum atomic E-state index is 12.7. The Morgan fingerprint density at radius 1 is 1.06 bits per heavy atom. The van der Waals surface area contributed by atoms with Crippen LogP contribution in [0.5, 0.6) is 0 Å². The van der Waals surface area contributed by atoms with E-state index in [2.05, 4.69) is 69.4 Å². The second kappa shape index (κ2) is 9.37. The molecular formula is C27H34ClN6OP. The summed E-state index contributed by atoms with van der Waals surface area (Å²) in [5, 5.41) is 7.70. The molecule has 1 aromatic heterocycles. The van der Waals surface area contributed by atoms with Gasteiger partial charge in [0.1, 0.15) is 12.2 Å². The fourth-order valence-corrected chi connectivity index (χ4v) is 6.52. The minimum atomic E-state index is -2.48. The number of aryl methyl sites for hydroxylation is 1. The van der Waals surface area contributed by atoms with E-state index in [9.17, 15) is 4.57 Å². The van der Waals surface area contributed by atoms with Gasteiger partial charge in [-0.15, -0.1) is 0 Å². The summed E-state index contributed by atoms with van der Waals surface area (Å²) >= 11 is 6.39. The van der Waals surface area contributed by atoms with Gasteiger partial charge in [0.2, 0.25) is 5.95 Å². The van der Waals surface area contributed by atoms with Crippen molar-refractivity contribution in [2.24, 2.45) is 5.41 Å². The van der Waals surface area contributed by atoms with Crippen molar-refractivity contribution >= 4 is 52.9 Å². The molecule has 0 atom stereocenters. The van der Waals surface area contributed by atoms with Crippen LogP contribution in [0.1, 0.15) is 19.4 Å². The Hall–Kier alpha value is -2.60. The van der Waals surface area contributed by atoms with Crippen LogP contribution < -0.4 is 20.8 Å². The van der Waals surface area contributed by atoms with Crippen LogP contribution in [0, 0.1) is 12.3 Å². The predicted molar refractivity (Wildman–Crippen MR) is 152 cm³/mol. The van der Waals surface area contributed by atoms with Crippen molar-refractivity contribution in [3.05, 3.63) is 59.2 Å². The molecule has 7 nitrogen and oxygen atoms in total. The van der Waals surface area contributed by atoms with Crippen LogP contribution in [0.15, 0.2) is 48.7 Å². The average molecular weight is 525 g/mol. The number of hydrogen-bond donors (Lipinski definition) is 2. The quantitative estimate of drug-likeness (QED) is 0.384. The Morgan fingerprint density at radius 2 is 1.78 bits per heavy atom. The highest BCUT2D eigenvalue weighted by molar-refractivity contribution is 7.70. The van der Waals surface area contributed by atoms with Crippen molar-refractivity contribution < 1.29 is 4.57 Å². The summed E-state index contributed by atoms with van der Waals surface area (Å²) in [6, 6.07) is 14.5. The van der Waals surface area contributed by atoms with E-state index < -0.39 is 7.14 Å². The number of halogens is 1. The molecule has 36 heavy (non-hydrogen) atoms. The summed E-state index contributed by atoms with van der Waals surface area (Å²) < 4.78 is 12.7. The topological polar surface area (TPSA) is 73.4 Å². The number of hydrogen-bond acceptors (Lipinski definition) is 7. The van der Waals surface area contributed by atoms with E-state index in [0.29, 0.717) is 28.2 Å². The SMILES string of the molecule is Cc1cc(Nc2ncc(Cl)c(Nc3ccccc3P(C)(C)=O)n2)ccc1N1CC2(C1)CN(C(C)C)C2. The molecule has 2 fully saturated rings. The number of benzene rings is 2. The third-order valence-electron chi connectivity index (χ3n) is 7.13. The first-order valence-electron chi connectivity index (χ1n) is 12.3. The van der Waals surface area contributed by atoms with Gasteiger partial charge in [-0.3, -0.25) is 4.90 Å². The first-order valence-corrected chi connectivity index (χ1v) is 15.3. The molecule has 9 heteroatoms. The van der Waals surface area contributed by atoms with Gasteiger partial charge in [0.05, 0.1) is 11.9 Å². The van der Waals surface area contributed by atoms with Crippen molar-refractivity contribution in [1.29, 1.82) is 0 Å². The lowest BCUT2D eigenvalue weighted by atomic mass is 9.72. The molecule has 1 spiro atoms. The second-order valence-electron chi connectivity index (χ2n) is 10.9. The highest BCUT2D eigenvalue weighted by Gasteiger charge is 2.52. The second-order valence-corrected chi connectivity index (χ2v) is 14.5. The Bertz CT molecular complexity index is 1330. The van der Waals surface area contributed by atoms with Gasteiger partial charge < -0.3 is 20.1 Å². The molecule has 0 amide bonds. The maximum absolute atomic E-state index is 12.7. The number of likely N-dealkylation sites (tertiary alicyclic amines) is 1. The number of nitrogens with one attached hydrogen (secondary N) is 2. The summed E-state index contributed by atoms with van der Waals surface area (Å²) in [4.78, 5) is 14.0. The van der Waals surface area contributed by atoms with Gasteiger partial charge in [-0.25, -0.2) is 4.98 Å². The standard InChI is InChI=1S/C27H34ClN6OP/c1-18(2)33-14-27(15-33)16-34(17-27)23-11-10-20(12-19(23)3)30-26-29-13-21(28)25(32-26)31-22-8-6-7-9-24(22)36(4,5)35/h6-13,18H,14-17H2,1-5H3,(H2,29,30,31,32). The molecule has 0 unspecified atom stereocenters. The summed E-state index contributed by atoms with van der Waals surface area (Å²) in [5.74, 6) is 0.902. The van der Waals surface area contributed by atoms with Crippen molar-refractivity contribution in [2.45, 2.75) is 26.8 Å². The minimum absolute atomic E-state index is 0.391. The van der Waals surface area contributed by atoms with Crippen LogP contribution in [-0.2, 0) is 4.57 Å². The van der Waals surface area contributed by atoms with E-state index in [0.717, 1.165) is 29.8 Å². The monoisotopic (exact) mass is 524 g/mol. The number of anilines is 5. The lowest BCUT2D eigenvalue weighted by Gasteiger charge is -2.62. The van der Waals surface area contributed by atoms with E-state index >= 15 is 0 Å². The van der Waals surface area contributed by atoms with Crippen molar-refractivity contribution in [3.63, 3.8) is 0 Å². The van der Waals surface area contributed by atoms with Crippen molar-refractivity contribution in [2.75, 3.05) is 55.0 Å². The number of aromatic nitrogens is 2. The van der Waals surface area contributed by atoms with E-state index in [1.807, 2.05) is 24.3 Å². The van der Waals surface area contributed by atoms with E-state index in [1.54, 1.807) is 19.5 Å². The molecule has 3 heterocycles. The molecule has 2 aliphatic rings. The van der Waals surface area contributed by atoms with E-state index in [1.165, 1.54) is 24.3 Å². The summed E-state index contributed by atoms with van der Waals surface area (Å²) in [7, 11) is -2.48. The molecule has 2 saturated heterocycles. The predicted octanol–water partition coefficient (Wildman–Crippen LogP) is 5.70. The molecule has 2 aromatic carbocycles. The Morgan fingerprint density at radius 3 is 2.44 bits per heavy atom. The zero-order valence-electron chi connectivity index (χ0n) is 21.5. The minimum Gasteiger partial charge on any atom is -0.370 e. The van der Waals surface area contributed by atoms with Gasteiger partial charge in [-0.1, -0.05) is 23.7 Å². The molecule has 0 bridgehead atoms. The molecule has 190 valence electrons. The van der Waals surface area contributed by atoms with Crippen molar-refractivity contribution in [1.82, 2.24) is 14.9 Å². The van der Waals surface area contributed by atoms with Crippen LogP contribution >= 0.6 is 18.7 Å². The van der Waals surface area contributed by atoms with Crippen LogP contribution in [0.4, 0.5) is 28.8 Å². The molecule has 2 N–H and O–H groups in total. The third-order valence-corrected chi connectivity index (χ3v) is 8.96. The average Bonchev–Trinajstić information content (AvgIpc) is 2.75. The molecule has 3 aromatic rings. The van der Waals surface area contributed by atoms with Gasteiger partial charge >= 0.3 is 0 Å². The normalized spacial score (nSPS) is 17.1. The van der Waals surface area contributed by atoms with E-state index in [4.69, 9.17) is 11.6 Å². The summed E-state index contributed by atoms with van der Waals surface area (Å²) in [5.41, 5.74) is 4.64. The van der Waals surface area contributed by atoms with Crippen LogP contribution in [0.2, 0.25) is 5.02 Å². The van der Waals surface area contributed by atoms with Gasteiger partial charge in [0.25, 0.3) is 0 Å². The fraction of sp³-hybridized carbons (Fsp3) is 0.407. The van der Waals surface area contributed by atoms with Gasteiger partial charge in [0, 0.05) is 54.3 Å². The van der Waals surface area contributed by atoms with Gasteiger partial charge in [-0.2, -0.15) is 4.98 Å².